The van der Waals surface area contributed by atoms with Crippen LogP contribution in [0, 0.1) is 12.8 Å². The fourth-order valence-corrected chi connectivity index (χ4v) is 4.82. The Hall–Kier alpha value is -1.91. The molecule has 146 valence electrons. The van der Waals surface area contributed by atoms with Gasteiger partial charge in [-0.1, -0.05) is 0 Å². The third-order valence-corrected chi connectivity index (χ3v) is 7.16. The van der Waals surface area contributed by atoms with Gasteiger partial charge in [-0.05, 0) is 38.2 Å². The number of rotatable bonds is 5. The largest absolute Gasteiger partial charge is 0.337 e. The molecule has 3 rings (SSSR count). The van der Waals surface area contributed by atoms with Crippen LogP contribution < -0.4 is 5.32 Å². The fraction of sp³-hybridized carbons (Fsp3) is 0.471. The summed E-state index contributed by atoms with van der Waals surface area (Å²) in [7, 11) is -1.86. The van der Waals surface area contributed by atoms with Crippen molar-refractivity contribution in [2.45, 2.75) is 29.8 Å². The molecule has 2 aromatic rings. The van der Waals surface area contributed by atoms with Crippen LogP contribution in [0.4, 0.5) is 5.69 Å². The van der Waals surface area contributed by atoms with E-state index in [-0.39, 0.29) is 16.9 Å². The van der Waals surface area contributed by atoms with E-state index < -0.39 is 10.0 Å². The number of pyridine rings is 1. The Morgan fingerprint density at radius 1 is 1.30 bits per heavy atom. The van der Waals surface area contributed by atoms with Crippen molar-refractivity contribution in [3.63, 3.8) is 0 Å². The van der Waals surface area contributed by atoms with E-state index in [1.54, 1.807) is 24.7 Å². The number of thioether (sulfide) groups is 1. The maximum absolute atomic E-state index is 12.7. The molecule has 0 saturated carbocycles. The summed E-state index contributed by atoms with van der Waals surface area (Å²) in [6, 6.07) is 3.67. The molecule has 0 atom stereocenters. The van der Waals surface area contributed by atoms with Crippen LogP contribution in [-0.2, 0) is 21.9 Å². The van der Waals surface area contributed by atoms with Gasteiger partial charge in [0.1, 0.15) is 5.82 Å². The van der Waals surface area contributed by atoms with Crippen LogP contribution in [0.25, 0.3) is 0 Å². The highest BCUT2D eigenvalue weighted by Crippen LogP contribution is 2.24. The molecule has 1 N–H and O–H groups in total. The molecule has 8 nitrogen and oxygen atoms in total. The number of carbonyl (C=O) groups is 1. The molecule has 1 amide bonds. The fourth-order valence-electron chi connectivity index (χ4n) is 2.96. The smallest absolute Gasteiger partial charge is 0.262 e. The molecule has 1 aliphatic heterocycles. The molecule has 0 aromatic carbocycles. The summed E-state index contributed by atoms with van der Waals surface area (Å²) in [6.45, 7) is 2.37. The van der Waals surface area contributed by atoms with Gasteiger partial charge < -0.3 is 9.88 Å². The third kappa shape index (κ3) is 4.33. The van der Waals surface area contributed by atoms with Crippen molar-refractivity contribution in [2.75, 3.05) is 24.7 Å². The van der Waals surface area contributed by atoms with Gasteiger partial charge in [0.15, 0.2) is 5.03 Å². The number of hydrogen-bond acceptors (Lipinski definition) is 6. The van der Waals surface area contributed by atoms with Crippen molar-refractivity contribution in [1.82, 2.24) is 18.8 Å². The summed E-state index contributed by atoms with van der Waals surface area (Å²) in [4.78, 5) is 20.8. The van der Waals surface area contributed by atoms with Crippen LogP contribution in [0.1, 0.15) is 18.7 Å². The van der Waals surface area contributed by atoms with Gasteiger partial charge in [0.2, 0.25) is 5.91 Å². The van der Waals surface area contributed by atoms with Gasteiger partial charge in [0.25, 0.3) is 10.0 Å². The van der Waals surface area contributed by atoms with Crippen molar-refractivity contribution in [2.24, 2.45) is 13.0 Å². The molecular formula is C17H23N5O3S2. The summed E-state index contributed by atoms with van der Waals surface area (Å²) in [6.07, 6.45) is 6.05. The van der Waals surface area contributed by atoms with Crippen LogP contribution in [0.15, 0.2) is 34.6 Å². The van der Waals surface area contributed by atoms with Crippen LogP contribution in [0.5, 0.6) is 0 Å². The highest BCUT2D eigenvalue weighted by Gasteiger charge is 2.33. The zero-order chi connectivity index (χ0) is 19.6. The number of aryl methyl sites for hydroxylation is 2. The van der Waals surface area contributed by atoms with Crippen LogP contribution in [0.3, 0.4) is 0 Å². The van der Waals surface area contributed by atoms with Gasteiger partial charge in [-0.3, -0.25) is 4.79 Å². The highest BCUT2D eigenvalue weighted by molar-refractivity contribution is 7.98. The second kappa shape index (κ2) is 7.99. The zero-order valence-corrected chi connectivity index (χ0v) is 17.2. The molecule has 0 unspecified atom stereocenters. The molecule has 2 aromatic heterocycles. The van der Waals surface area contributed by atoms with Crippen LogP contribution in [0.2, 0.25) is 0 Å². The van der Waals surface area contributed by atoms with E-state index in [1.807, 2.05) is 18.4 Å². The van der Waals surface area contributed by atoms with Gasteiger partial charge >= 0.3 is 0 Å². The number of nitrogens with zero attached hydrogens (tertiary/aromatic N) is 4. The Morgan fingerprint density at radius 3 is 2.52 bits per heavy atom. The summed E-state index contributed by atoms with van der Waals surface area (Å²) in [5.41, 5.74) is 0.650. The normalized spacial score (nSPS) is 16.4. The molecule has 1 aliphatic rings. The molecule has 27 heavy (non-hydrogen) atoms. The first-order chi connectivity index (χ1) is 12.8. The van der Waals surface area contributed by atoms with E-state index in [0.717, 1.165) is 5.03 Å². The van der Waals surface area contributed by atoms with Crippen LogP contribution >= 0.6 is 11.8 Å². The number of carbonyl (C=O) groups excluding carboxylic acids is 1. The number of amides is 1. The van der Waals surface area contributed by atoms with Gasteiger partial charge in [-0.25, -0.2) is 18.4 Å². The van der Waals surface area contributed by atoms with Gasteiger partial charge in [0.05, 0.1) is 16.9 Å². The minimum absolute atomic E-state index is 0.0605. The lowest BCUT2D eigenvalue weighted by atomic mass is 9.97. The Balaban J connectivity index is 1.59. The van der Waals surface area contributed by atoms with E-state index in [4.69, 9.17) is 0 Å². The summed E-state index contributed by atoms with van der Waals surface area (Å²) in [5.74, 6) is 0.325. The Kier molecular flexibility index (Phi) is 5.87. The lowest BCUT2D eigenvalue weighted by Gasteiger charge is -2.29. The number of sulfonamides is 1. The first-order valence-corrected chi connectivity index (χ1v) is 11.3. The average Bonchev–Trinajstić information content (AvgIpc) is 3.02. The van der Waals surface area contributed by atoms with Crippen LogP contribution in [-0.4, -0.2) is 52.5 Å². The Labute approximate surface area is 163 Å². The lowest BCUT2D eigenvalue weighted by molar-refractivity contribution is -0.120. The first-order valence-electron chi connectivity index (χ1n) is 8.62. The number of piperidine rings is 1. The third-order valence-electron chi connectivity index (χ3n) is 4.73. The van der Waals surface area contributed by atoms with Gasteiger partial charge in [0, 0.05) is 32.3 Å². The van der Waals surface area contributed by atoms with Crippen molar-refractivity contribution in [1.29, 1.82) is 0 Å². The van der Waals surface area contributed by atoms with Crippen molar-refractivity contribution < 1.29 is 13.2 Å². The summed E-state index contributed by atoms with van der Waals surface area (Å²) >= 11 is 1.53. The quantitative estimate of drug-likeness (QED) is 0.758. The van der Waals surface area contributed by atoms with E-state index in [0.29, 0.717) is 37.4 Å². The number of aromatic nitrogens is 3. The molecule has 10 heteroatoms. The van der Waals surface area contributed by atoms with Crippen molar-refractivity contribution in [3.8, 4) is 0 Å². The average molecular weight is 410 g/mol. The first kappa shape index (κ1) is 19.8. The minimum atomic E-state index is -3.62. The van der Waals surface area contributed by atoms with Crippen molar-refractivity contribution in [3.05, 3.63) is 30.4 Å². The van der Waals surface area contributed by atoms with E-state index >= 15 is 0 Å². The number of nitrogens with one attached hydrogen (secondary N) is 1. The van der Waals surface area contributed by atoms with E-state index in [2.05, 4.69) is 15.3 Å². The maximum Gasteiger partial charge on any atom is 0.262 e. The standard InChI is InChI=1S/C17H23N5O3S2/c1-12-19-16(11-21(12)2)27(24,25)22-8-6-13(7-9-22)17(23)20-14-4-5-15(26-3)18-10-14/h4-5,10-11,13H,6-9H2,1-3H3,(H,20,23). The minimum Gasteiger partial charge on any atom is -0.337 e. The summed E-state index contributed by atoms with van der Waals surface area (Å²) < 4.78 is 28.5. The second-order valence-corrected chi connectivity index (χ2v) is 9.21. The van der Waals surface area contributed by atoms with E-state index in [1.165, 1.54) is 22.3 Å². The monoisotopic (exact) mass is 409 g/mol. The number of hydrogen-bond donors (Lipinski definition) is 1. The maximum atomic E-state index is 12.7. The summed E-state index contributed by atoms with van der Waals surface area (Å²) in [5, 5.41) is 3.81. The molecule has 0 spiro atoms. The Bertz CT molecular complexity index is 897. The molecule has 3 heterocycles. The molecule has 1 saturated heterocycles. The zero-order valence-electron chi connectivity index (χ0n) is 15.5. The molecule has 0 radical (unpaired) electrons. The lowest BCUT2D eigenvalue weighted by Crippen LogP contribution is -2.41. The molecule has 0 aliphatic carbocycles. The Morgan fingerprint density at radius 2 is 2.00 bits per heavy atom. The molecular weight excluding hydrogens is 386 g/mol. The predicted molar refractivity (Wildman–Crippen MR) is 104 cm³/mol. The topological polar surface area (TPSA) is 97.2 Å². The second-order valence-electron chi connectivity index (χ2n) is 6.49. The molecule has 1 fully saturated rings. The molecule has 0 bridgehead atoms. The van der Waals surface area contributed by atoms with Gasteiger partial charge in [-0.2, -0.15) is 4.31 Å². The predicted octanol–water partition coefficient (Wildman–Crippen LogP) is 1.88. The number of imidazole rings is 1. The van der Waals surface area contributed by atoms with Crippen molar-refractivity contribution >= 4 is 33.4 Å². The van der Waals surface area contributed by atoms with E-state index in [9.17, 15) is 13.2 Å². The highest BCUT2D eigenvalue weighted by atomic mass is 32.2. The SMILES string of the molecule is CSc1ccc(NC(=O)C2CCN(S(=O)(=O)c3cn(C)c(C)n3)CC2)cn1. The number of anilines is 1. The van der Waals surface area contributed by atoms with Gasteiger partial charge in [-0.15, -0.1) is 11.8 Å².